The predicted molar refractivity (Wildman–Crippen MR) is 131 cm³/mol. The van der Waals surface area contributed by atoms with Crippen LogP contribution in [-0.2, 0) is 6.61 Å². The minimum absolute atomic E-state index is 0.180. The molecule has 6 heteroatoms. The monoisotopic (exact) mass is 471 g/mol. The summed E-state index contributed by atoms with van der Waals surface area (Å²) in [5, 5.41) is 4.59. The Morgan fingerprint density at radius 2 is 1.72 bits per heavy atom. The van der Waals surface area contributed by atoms with Crippen molar-refractivity contribution < 1.29 is 13.9 Å². The van der Waals surface area contributed by atoms with Crippen LogP contribution in [0.2, 0.25) is 10.0 Å². The van der Waals surface area contributed by atoms with Crippen LogP contribution < -0.4 is 14.8 Å². The third-order valence-corrected chi connectivity index (χ3v) is 6.01. The molecule has 1 N–H and O–H groups in total. The van der Waals surface area contributed by atoms with Crippen molar-refractivity contribution in [1.82, 2.24) is 0 Å². The molecule has 166 valence electrons. The summed E-state index contributed by atoms with van der Waals surface area (Å²) in [5.74, 6) is 0.601. The largest absolute Gasteiger partial charge is 0.496 e. The summed E-state index contributed by atoms with van der Waals surface area (Å²) in [4.78, 5) is 0. The van der Waals surface area contributed by atoms with Crippen LogP contribution in [-0.4, -0.2) is 12.6 Å². The summed E-state index contributed by atoms with van der Waals surface area (Å²) in [6.45, 7) is 6.58. The standard InChI is InChI=1S/C26H24Cl2FNO2/c1-15-13-26(2,3)30-22-10-8-18(19-7-6-17(29)12-23(19)31-4)20(25(15)22)14-32-24-11-16(27)5-9-21(24)28/h5-13,30H,14H2,1-4H3. The second-order valence-electron chi connectivity index (χ2n) is 8.40. The van der Waals surface area contributed by atoms with Gasteiger partial charge in [-0.05, 0) is 62.2 Å². The summed E-state index contributed by atoms with van der Waals surface area (Å²) in [5.41, 5.74) is 5.63. The Kier molecular flexibility index (Phi) is 6.11. The lowest BCUT2D eigenvalue weighted by molar-refractivity contribution is 0.306. The van der Waals surface area contributed by atoms with Crippen LogP contribution in [0.5, 0.6) is 11.5 Å². The van der Waals surface area contributed by atoms with Crippen molar-refractivity contribution >= 4 is 34.5 Å². The number of hydrogen-bond donors (Lipinski definition) is 1. The fourth-order valence-corrected chi connectivity index (χ4v) is 4.56. The van der Waals surface area contributed by atoms with Crippen LogP contribution in [0.3, 0.4) is 0 Å². The molecule has 1 aliphatic rings. The van der Waals surface area contributed by atoms with Gasteiger partial charge in [-0.1, -0.05) is 35.3 Å². The molecule has 0 saturated heterocycles. The Morgan fingerprint density at radius 1 is 0.969 bits per heavy atom. The van der Waals surface area contributed by atoms with Crippen molar-refractivity contribution in [2.24, 2.45) is 0 Å². The number of anilines is 1. The van der Waals surface area contributed by atoms with Gasteiger partial charge in [0.2, 0.25) is 0 Å². The molecule has 0 saturated carbocycles. The molecule has 3 nitrogen and oxygen atoms in total. The SMILES string of the molecule is COc1cc(F)ccc1-c1ccc2c(c1COc1cc(Cl)ccc1Cl)C(C)=CC(C)(C)N2. The first-order chi connectivity index (χ1) is 15.2. The van der Waals surface area contributed by atoms with Gasteiger partial charge >= 0.3 is 0 Å². The highest BCUT2D eigenvalue weighted by molar-refractivity contribution is 6.34. The molecule has 3 aromatic carbocycles. The summed E-state index contributed by atoms with van der Waals surface area (Å²) in [7, 11) is 1.54. The van der Waals surface area contributed by atoms with E-state index < -0.39 is 0 Å². The van der Waals surface area contributed by atoms with E-state index in [1.54, 1.807) is 24.3 Å². The highest BCUT2D eigenvalue weighted by Crippen LogP contribution is 2.43. The zero-order valence-electron chi connectivity index (χ0n) is 18.4. The predicted octanol–water partition coefficient (Wildman–Crippen LogP) is 7.99. The molecular weight excluding hydrogens is 448 g/mol. The molecule has 4 rings (SSSR count). The molecule has 0 atom stereocenters. The van der Waals surface area contributed by atoms with E-state index in [-0.39, 0.29) is 18.0 Å². The number of benzene rings is 3. The molecule has 32 heavy (non-hydrogen) atoms. The van der Waals surface area contributed by atoms with Gasteiger partial charge in [-0.3, -0.25) is 0 Å². The highest BCUT2D eigenvalue weighted by Gasteiger charge is 2.27. The summed E-state index contributed by atoms with van der Waals surface area (Å²) >= 11 is 12.5. The van der Waals surface area contributed by atoms with Crippen molar-refractivity contribution in [3.8, 4) is 22.6 Å². The lowest BCUT2D eigenvalue weighted by Gasteiger charge is -2.33. The van der Waals surface area contributed by atoms with E-state index >= 15 is 0 Å². The molecule has 0 fully saturated rings. The average Bonchev–Trinajstić information content (AvgIpc) is 2.73. The molecule has 0 unspecified atom stereocenters. The molecule has 0 aliphatic carbocycles. The zero-order chi connectivity index (χ0) is 23.0. The first kappa shape index (κ1) is 22.5. The number of allylic oxidation sites excluding steroid dienone is 1. The van der Waals surface area contributed by atoms with Crippen molar-refractivity contribution in [3.63, 3.8) is 0 Å². The quantitative estimate of drug-likeness (QED) is 0.408. The van der Waals surface area contributed by atoms with Gasteiger partial charge in [0, 0.05) is 39.5 Å². The molecule has 3 aromatic rings. The maximum atomic E-state index is 13.9. The molecule has 1 aliphatic heterocycles. The maximum Gasteiger partial charge on any atom is 0.139 e. The van der Waals surface area contributed by atoms with Crippen LogP contribution in [0, 0.1) is 5.82 Å². The Labute approximate surface area is 197 Å². The summed E-state index contributed by atoms with van der Waals surface area (Å²) in [6.07, 6.45) is 2.19. The van der Waals surface area contributed by atoms with Crippen LogP contribution >= 0.6 is 23.2 Å². The normalized spacial score (nSPS) is 14.3. The molecule has 0 amide bonds. The molecule has 0 radical (unpaired) electrons. The Balaban J connectivity index is 1.88. The number of halogens is 3. The molecule has 0 spiro atoms. The van der Waals surface area contributed by atoms with Crippen LogP contribution in [0.25, 0.3) is 16.7 Å². The fourth-order valence-electron chi connectivity index (χ4n) is 4.23. The number of nitrogens with one attached hydrogen (secondary N) is 1. The first-order valence-corrected chi connectivity index (χ1v) is 11.0. The minimum atomic E-state index is -0.355. The van der Waals surface area contributed by atoms with E-state index in [4.69, 9.17) is 32.7 Å². The lowest BCUT2D eigenvalue weighted by atomic mass is 9.85. The number of methoxy groups -OCH3 is 1. The number of ether oxygens (including phenoxy) is 2. The molecular formula is C26H24Cl2FNO2. The van der Waals surface area contributed by atoms with Gasteiger partial charge in [-0.15, -0.1) is 0 Å². The highest BCUT2D eigenvalue weighted by atomic mass is 35.5. The van der Waals surface area contributed by atoms with Gasteiger partial charge in [0.15, 0.2) is 0 Å². The minimum Gasteiger partial charge on any atom is -0.496 e. The Bertz CT molecular complexity index is 1220. The second-order valence-corrected chi connectivity index (χ2v) is 9.24. The van der Waals surface area contributed by atoms with Gasteiger partial charge in [0.1, 0.15) is 23.9 Å². The molecule has 1 heterocycles. The topological polar surface area (TPSA) is 30.5 Å². The van der Waals surface area contributed by atoms with Crippen molar-refractivity contribution in [2.75, 3.05) is 12.4 Å². The molecule has 0 aromatic heterocycles. The van der Waals surface area contributed by atoms with Crippen LogP contribution in [0.1, 0.15) is 31.9 Å². The van der Waals surface area contributed by atoms with Crippen LogP contribution in [0.15, 0.2) is 54.6 Å². The summed E-state index contributed by atoms with van der Waals surface area (Å²) in [6, 6.07) is 13.7. The van der Waals surface area contributed by atoms with Gasteiger partial charge in [0.05, 0.1) is 17.7 Å². The second kappa shape index (κ2) is 8.68. The number of rotatable bonds is 5. The van der Waals surface area contributed by atoms with Gasteiger partial charge in [0.25, 0.3) is 0 Å². The smallest absolute Gasteiger partial charge is 0.139 e. The Hall–Kier alpha value is -2.69. The van der Waals surface area contributed by atoms with Crippen LogP contribution in [0.4, 0.5) is 10.1 Å². The summed E-state index contributed by atoms with van der Waals surface area (Å²) < 4.78 is 25.5. The fraction of sp³-hybridized carbons (Fsp3) is 0.231. The third-order valence-electron chi connectivity index (χ3n) is 5.46. The van der Waals surface area contributed by atoms with Crippen molar-refractivity contribution in [3.05, 3.63) is 81.6 Å². The van der Waals surface area contributed by atoms with E-state index in [1.807, 2.05) is 12.1 Å². The Morgan fingerprint density at radius 3 is 2.47 bits per heavy atom. The van der Waals surface area contributed by atoms with Gasteiger partial charge in [-0.2, -0.15) is 0 Å². The van der Waals surface area contributed by atoms with Gasteiger partial charge in [-0.25, -0.2) is 4.39 Å². The van der Waals surface area contributed by atoms with E-state index in [0.29, 0.717) is 21.5 Å². The van der Waals surface area contributed by atoms with E-state index in [9.17, 15) is 4.39 Å². The maximum absolute atomic E-state index is 13.9. The number of fused-ring (bicyclic) bond motifs is 1. The van der Waals surface area contributed by atoms with Crippen molar-refractivity contribution in [1.29, 1.82) is 0 Å². The lowest BCUT2D eigenvalue weighted by Crippen LogP contribution is -2.32. The van der Waals surface area contributed by atoms with Crippen molar-refractivity contribution in [2.45, 2.75) is 32.9 Å². The van der Waals surface area contributed by atoms with E-state index in [2.05, 4.69) is 32.2 Å². The molecule has 0 bridgehead atoms. The third kappa shape index (κ3) is 4.43. The van der Waals surface area contributed by atoms with E-state index in [0.717, 1.165) is 33.5 Å². The first-order valence-electron chi connectivity index (χ1n) is 10.2. The average molecular weight is 472 g/mol. The zero-order valence-corrected chi connectivity index (χ0v) is 19.9. The number of hydrogen-bond acceptors (Lipinski definition) is 3. The van der Waals surface area contributed by atoms with Gasteiger partial charge < -0.3 is 14.8 Å². The van der Waals surface area contributed by atoms with E-state index in [1.165, 1.54) is 19.2 Å².